The van der Waals surface area contributed by atoms with Gasteiger partial charge in [0.1, 0.15) is 23.3 Å². The lowest BCUT2D eigenvalue weighted by atomic mass is 10.2. The van der Waals surface area contributed by atoms with E-state index in [1.165, 1.54) is 0 Å². The first-order valence-corrected chi connectivity index (χ1v) is 5.72. The second-order valence-electron chi connectivity index (χ2n) is 3.99. The van der Waals surface area contributed by atoms with Gasteiger partial charge in [-0.3, -0.25) is 0 Å². The van der Waals surface area contributed by atoms with E-state index in [-0.39, 0.29) is 5.82 Å². The minimum absolute atomic E-state index is 0.00716. The molecule has 0 aliphatic rings. The fraction of sp³-hybridized carbons (Fsp3) is 0. The molecule has 0 aliphatic heterocycles. The highest BCUT2D eigenvalue weighted by Crippen LogP contribution is 2.27. The maximum absolute atomic E-state index is 13.6. The molecule has 0 spiro atoms. The van der Waals surface area contributed by atoms with Gasteiger partial charge in [-0.25, -0.2) is 18.2 Å². The molecule has 2 aromatic carbocycles. The monoisotopic (exact) mass is 282 g/mol. The van der Waals surface area contributed by atoms with Gasteiger partial charge in [0, 0.05) is 17.2 Å². The van der Waals surface area contributed by atoms with Crippen LogP contribution in [0.4, 0.5) is 13.2 Å². The quantitative estimate of drug-likeness (QED) is 0.708. The first-order chi connectivity index (χ1) is 9.04. The summed E-state index contributed by atoms with van der Waals surface area (Å²) in [5.74, 6) is -3.00. The number of benzene rings is 2. The lowest BCUT2D eigenvalue weighted by molar-refractivity contribution is 0.547. The molecule has 1 aromatic heterocycles. The second-order valence-corrected chi connectivity index (χ2v) is 4.43. The number of hydrogen-bond acceptors (Lipinski definition) is 1. The number of aromatic amines is 1. The van der Waals surface area contributed by atoms with Crippen molar-refractivity contribution >= 4 is 22.6 Å². The highest BCUT2D eigenvalue weighted by Gasteiger charge is 2.17. The molecule has 0 aliphatic carbocycles. The van der Waals surface area contributed by atoms with Crippen molar-refractivity contribution in [1.29, 1.82) is 0 Å². The zero-order valence-corrected chi connectivity index (χ0v) is 10.1. The van der Waals surface area contributed by atoms with Crippen LogP contribution in [0.5, 0.6) is 0 Å². The number of rotatable bonds is 1. The average Bonchev–Trinajstić information content (AvgIpc) is 2.69. The molecule has 1 N–H and O–H groups in total. The first-order valence-electron chi connectivity index (χ1n) is 5.35. The van der Waals surface area contributed by atoms with Gasteiger partial charge in [0.2, 0.25) is 0 Å². The molecular formula is C13H6ClF3N2. The topological polar surface area (TPSA) is 28.7 Å². The summed E-state index contributed by atoms with van der Waals surface area (Å²) in [4.78, 5) is 6.81. The highest BCUT2D eigenvalue weighted by molar-refractivity contribution is 6.31. The summed E-state index contributed by atoms with van der Waals surface area (Å²) in [6, 6.07) is 6.05. The molecule has 0 saturated heterocycles. The number of hydrogen-bond donors (Lipinski definition) is 1. The molecule has 0 radical (unpaired) electrons. The standard InChI is InChI=1S/C13H6ClF3N2/c14-6-1-2-10-11(3-6)19-13(18-10)12-8(16)4-7(15)5-9(12)17/h1-5H,(H,18,19). The third-order valence-electron chi connectivity index (χ3n) is 2.69. The van der Waals surface area contributed by atoms with Crippen LogP contribution < -0.4 is 0 Å². The number of imidazole rings is 1. The van der Waals surface area contributed by atoms with Gasteiger partial charge in [0.25, 0.3) is 0 Å². The fourth-order valence-electron chi connectivity index (χ4n) is 1.87. The largest absolute Gasteiger partial charge is 0.338 e. The smallest absolute Gasteiger partial charge is 0.144 e. The molecule has 96 valence electrons. The van der Waals surface area contributed by atoms with Crippen LogP contribution in [-0.4, -0.2) is 9.97 Å². The third kappa shape index (κ3) is 2.06. The molecule has 0 unspecified atom stereocenters. The molecule has 3 rings (SSSR count). The Hall–Kier alpha value is -2.01. The van der Waals surface area contributed by atoms with Crippen molar-refractivity contribution in [3.63, 3.8) is 0 Å². The second kappa shape index (κ2) is 4.28. The van der Waals surface area contributed by atoms with Crippen LogP contribution in [0.25, 0.3) is 22.4 Å². The third-order valence-corrected chi connectivity index (χ3v) is 2.92. The molecule has 3 aromatic rings. The highest BCUT2D eigenvalue weighted by atomic mass is 35.5. The van der Waals surface area contributed by atoms with E-state index in [1.54, 1.807) is 18.2 Å². The van der Waals surface area contributed by atoms with Crippen molar-refractivity contribution in [2.75, 3.05) is 0 Å². The first kappa shape index (κ1) is 12.0. The normalized spacial score (nSPS) is 11.2. The van der Waals surface area contributed by atoms with Crippen LogP contribution in [0.1, 0.15) is 0 Å². The van der Waals surface area contributed by atoms with Gasteiger partial charge in [0.05, 0.1) is 16.6 Å². The maximum Gasteiger partial charge on any atom is 0.144 e. The van der Waals surface area contributed by atoms with Crippen LogP contribution in [0.15, 0.2) is 30.3 Å². The van der Waals surface area contributed by atoms with Gasteiger partial charge in [-0.1, -0.05) is 11.6 Å². The van der Waals surface area contributed by atoms with Crippen LogP contribution >= 0.6 is 11.6 Å². The average molecular weight is 283 g/mol. The zero-order valence-electron chi connectivity index (χ0n) is 9.35. The summed E-state index contributed by atoms with van der Waals surface area (Å²) < 4.78 is 40.1. The van der Waals surface area contributed by atoms with Crippen LogP contribution in [-0.2, 0) is 0 Å². The van der Waals surface area contributed by atoms with E-state index >= 15 is 0 Å². The number of halogens is 4. The minimum atomic E-state index is -1.01. The molecule has 1 heterocycles. The fourth-order valence-corrected chi connectivity index (χ4v) is 2.04. The molecular weight excluding hydrogens is 277 g/mol. The van der Waals surface area contributed by atoms with Crippen LogP contribution in [0.2, 0.25) is 5.02 Å². The lowest BCUT2D eigenvalue weighted by Gasteiger charge is -2.01. The summed E-state index contributed by atoms with van der Waals surface area (Å²) in [5, 5.41) is 0.475. The Kier molecular flexibility index (Phi) is 2.71. The molecule has 0 atom stereocenters. The summed E-state index contributed by atoms with van der Waals surface area (Å²) >= 11 is 5.81. The Bertz CT molecular complexity index is 760. The van der Waals surface area contributed by atoms with Gasteiger partial charge in [-0.05, 0) is 18.2 Å². The van der Waals surface area contributed by atoms with E-state index in [9.17, 15) is 13.2 Å². The summed E-state index contributed by atoms with van der Waals surface area (Å²) in [6.45, 7) is 0. The molecule has 0 fully saturated rings. The van der Waals surface area contributed by atoms with Crippen molar-refractivity contribution in [3.8, 4) is 11.4 Å². The summed E-state index contributed by atoms with van der Waals surface area (Å²) in [5.41, 5.74) is 0.668. The van der Waals surface area contributed by atoms with E-state index in [0.717, 1.165) is 0 Å². The molecule has 0 bridgehead atoms. The van der Waals surface area contributed by atoms with Crippen LogP contribution in [0.3, 0.4) is 0 Å². The predicted molar refractivity (Wildman–Crippen MR) is 66.4 cm³/mol. The Morgan fingerprint density at radius 3 is 2.37 bits per heavy atom. The van der Waals surface area contributed by atoms with E-state index in [0.29, 0.717) is 28.2 Å². The molecule has 6 heteroatoms. The van der Waals surface area contributed by atoms with E-state index in [4.69, 9.17) is 11.6 Å². The predicted octanol–water partition coefficient (Wildman–Crippen LogP) is 4.30. The number of aromatic nitrogens is 2. The van der Waals surface area contributed by atoms with Crippen LogP contribution in [0, 0.1) is 17.5 Å². The SMILES string of the molecule is Fc1cc(F)c(-c2nc3ccc(Cl)cc3[nH]2)c(F)c1. The Morgan fingerprint density at radius 2 is 1.68 bits per heavy atom. The van der Waals surface area contributed by atoms with Gasteiger partial charge in [0.15, 0.2) is 0 Å². The van der Waals surface area contributed by atoms with Gasteiger partial charge in [-0.15, -0.1) is 0 Å². The number of H-pyrrole nitrogens is 1. The van der Waals surface area contributed by atoms with E-state index < -0.39 is 23.0 Å². The molecule has 2 nitrogen and oxygen atoms in total. The Labute approximate surface area is 110 Å². The maximum atomic E-state index is 13.6. The van der Waals surface area contributed by atoms with Crippen molar-refractivity contribution in [1.82, 2.24) is 9.97 Å². The minimum Gasteiger partial charge on any atom is -0.338 e. The van der Waals surface area contributed by atoms with E-state index in [2.05, 4.69) is 9.97 Å². The molecule has 0 amide bonds. The number of fused-ring (bicyclic) bond motifs is 1. The Balaban J connectivity index is 2.24. The van der Waals surface area contributed by atoms with Gasteiger partial charge in [-0.2, -0.15) is 0 Å². The summed E-state index contributed by atoms with van der Waals surface area (Å²) in [7, 11) is 0. The van der Waals surface area contributed by atoms with Crippen molar-refractivity contribution in [3.05, 3.63) is 52.8 Å². The Morgan fingerprint density at radius 1 is 1.00 bits per heavy atom. The number of nitrogens with one attached hydrogen (secondary N) is 1. The molecule has 19 heavy (non-hydrogen) atoms. The molecule has 0 saturated carbocycles. The van der Waals surface area contributed by atoms with Crippen molar-refractivity contribution < 1.29 is 13.2 Å². The van der Waals surface area contributed by atoms with Crippen molar-refractivity contribution in [2.24, 2.45) is 0 Å². The lowest BCUT2D eigenvalue weighted by Crippen LogP contribution is -1.93. The van der Waals surface area contributed by atoms with E-state index in [1.807, 2.05) is 0 Å². The summed E-state index contributed by atoms with van der Waals surface area (Å²) in [6.07, 6.45) is 0. The number of nitrogens with zero attached hydrogens (tertiary/aromatic N) is 1. The zero-order chi connectivity index (χ0) is 13.6. The van der Waals surface area contributed by atoms with Gasteiger partial charge < -0.3 is 4.98 Å². The van der Waals surface area contributed by atoms with Crippen molar-refractivity contribution in [2.45, 2.75) is 0 Å². The van der Waals surface area contributed by atoms with Gasteiger partial charge >= 0.3 is 0 Å².